The van der Waals surface area contributed by atoms with E-state index in [1.165, 1.54) is 17.8 Å². The number of carbonyl (C=O) groups is 1. The lowest BCUT2D eigenvalue weighted by atomic mass is 10.1. The molecular weight excluding hydrogens is 381 g/mol. The molecule has 0 aliphatic carbocycles. The number of ether oxygens (including phenoxy) is 1. The fourth-order valence-corrected chi connectivity index (χ4v) is 3.02. The molecule has 1 amide bonds. The van der Waals surface area contributed by atoms with E-state index >= 15 is 0 Å². The quantitative estimate of drug-likeness (QED) is 0.554. The van der Waals surface area contributed by atoms with Gasteiger partial charge in [0, 0.05) is 24.8 Å². The zero-order chi connectivity index (χ0) is 21.3. The van der Waals surface area contributed by atoms with Crippen LogP contribution in [0.5, 0.6) is 11.5 Å². The molecule has 0 atom stereocenters. The zero-order valence-corrected chi connectivity index (χ0v) is 17.3. The summed E-state index contributed by atoms with van der Waals surface area (Å²) in [6.07, 6.45) is 3.13. The number of halogens is 1. The van der Waals surface area contributed by atoms with Crippen molar-refractivity contribution < 1.29 is 13.9 Å². The second-order valence-electron chi connectivity index (χ2n) is 6.90. The van der Waals surface area contributed by atoms with Crippen molar-refractivity contribution in [2.24, 2.45) is 0 Å². The molecule has 0 spiro atoms. The molecule has 156 valence electrons. The maximum absolute atomic E-state index is 14.3. The van der Waals surface area contributed by atoms with Gasteiger partial charge in [0.15, 0.2) is 11.6 Å². The Morgan fingerprint density at radius 1 is 1.07 bits per heavy atom. The normalized spacial score (nSPS) is 10.8. The lowest BCUT2D eigenvalue weighted by Crippen LogP contribution is -2.23. The molecule has 1 N–H and O–H groups in total. The first kappa shape index (κ1) is 21.5. The molecule has 0 fully saturated rings. The number of hydrogen-bond donors (Lipinski definition) is 1. The Balaban J connectivity index is 1.56. The summed E-state index contributed by atoms with van der Waals surface area (Å²) in [6, 6.07) is 15.6. The molecule has 6 heteroatoms. The van der Waals surface area contributed by atoms with Gasteiger partial charge in [-0.1, -0.05) is 32.0 Å². The van der Waals surface area contributed by atoms with Gasteiger partial charge in [-0.15, -0.1) is 0 Å². The molecule has 5 nitrogen and oxygen atoms in total. The summed E-state index contributed by atoms with van der Waals surface area (Å²) in [6.45, 7) is 7.33. The molecule has 1 aromatic heterocycles. The number of carbonyl (C=O) groups excluding carboxylic acids is 1. The molecule has 0 radical (unpaired) electrons. The van der Waals surface area contributed by atoms with E-state index in [1.54, 1.807) is 30.5 Å². The summed E-state index contributed by atoms with van der Waals surface area (Å²) in [5.74, 6) is -0.115. The van der Waals surface area contributed by atoms with Crippen LogP contribution in [-0.4, -0.2) is 28.9 Å². The van der Waals surface area contributed by atoms with E-state index in [4.69, 9.17) is 4.74 Å². The first-order valence-electron chi connectivity index (χ1n) is 10.0. The number of pyridine rings is 1. The van der Waals surface area contributed by atoms with Crippen molar-refractivity contribution in [3.8, 4) is 11.5 Å². The number of hydrogen-bond acceptors (Lipinski definition) is 4. The molecule has 0 bridgehead atoms. The Hall–Kier alpha value is -3.25. The van der Waals surface area contributed by atoms with Crippen LogP contribution >= 0.6 is 0 Å². The van der Waals surface area contributed by atoms with Crippen LogP contribution in [0.3, 0.4) is 0 Å². The summed E-state index contributed by atoms with van der Waals surface area (Å²) in [7, 11) is 0. The van der Waals surface area contributed by atoms with Crippen LogP contribution in [0.15, 0.2) is 67.0 Å². The number of amides is 1. The Morgan fingerprint density at radius 2 is 1.80 bits per heavy atom. The summed E-state index contributed by atoms with van der Waals surface area (Å²) >= 11 is 0. The number of benzene rings is 2. The number of rotatable bonds is 9. The summed E-state index contributed by atoms with van der Waals surface area (Å²) in [4.78, 5) is 18.7. The Bertz CT molecular complexity index is 958. The molecular formula is C24H26FN3O2. The highest BCUT2D eigenvalue weighted by Gasteiger charge is 2.09. The van der Waals surface area contributed by atoms with Gasteiger partial charge in [-0.2, -0.15) is 0 Å². The topological polar surface area (TPSA) is 54.5 Å². The van der Waals surface area contributed by atoms with Gasteiger partial charge in [0.05, 0.1) is 6.20 Å². The average Bonchev–Trinajstić information content (AvgIpc) is 2.78. The third-order valence-electron chi connectivity index (χ3n) is 4.83. The molecule has 0 saturated heterocycles. The minimum Gasteiger partial charge on any atom is -0.453 e. The first-order valence-corrected chi connectivity index (χ1v) is 10.0. The minimum atomic E-state index is -0.494. The van der Waals surface area contributed by atoms with Crippen molar-refractivity contribution in [3.05, 3.63) is 89.5 Å². The van der Waals surface area contributed by atoms with Crippen molar-refractivity contribution in [1.29, 1.82) is 0 Å². The van der Waals surface area contributed by atoms with E-state index in [1.807, 2.05) is 24.3 Å². The van der Waals surface area contributed by atoms with E-state index < -0.39 is 5.82 Å². The monoisotopic (exact) mass is 407 g/mol. The van der Waals surface area contributed by atoms with Crippen molar-refractivity contribution in [2.45, 2.75) is 26.9 Å². The molecule has 3 aromatic rings. The summed E-state index contributed by atoms with van der Waals surface area (Å²) < 4.78 is 19.8. The molecule has 1 heterocycles. The Kier molecular flexibility index (Phi) is 7.51. The zero-order valence-electron chi connectivity index (χ0n) is 17.3. The molecule has 30 heavy (non-hydrogen) atoms. The highest BCUT2D eigenvalue weighted by molar-refractivity contribution is 5.94. The van der Waals surface area contributed by atoms with Crippen LogP contribution in [0.1, 0.15) is 35.3 Å². The van der Waals surface area contributed by atoms with Crippen molar-refractivity contribution in [2.75, 3.05) is 13.1 Å². The van der Waals surface area contributed by atoms with Gasteiger partial charge < -0.3 is 10.1 Å². The van der Waals surface area contributed by atoms with E-state index in [0.717, 1.165) is 19.6 Å². The van der Waals surface area contributed by atoms with E-state index in [0.29, 0.717) is 16.9 Å². The maximum Gasteiger partial charge on any atom is 0.251 e. The van der Waals surface area contributed by atoms with Gasteiger partial charge in [0.25, 0.3) is 5.91 Å². The highest BCUT2D eigenvalue weighted by atomic mass is 19.1. The molecule has 2 aromatic carbocycles. The van der Waals surface area contributed by atoms with Crippen LogP contribution < -0.4 is 10.1 Å². The van der Waals surface area contributed by atoms with Crippen molar-refractivity contribution >= 4 is 5.91 Å². The van der Waals surface area contributed by atoms with E-state index in [-0.39, 0.29) is 18.2 Å². The van der Waals surface area contributed by atoms with Gasteiger partial charge in [-0.05, 0) is 60.6 Å². The molecule has 0 saturated carbocycles. The maximum atomic E-state index is 14.3. The average molecular weight is 407 g/mol. The van der Waals surface area contributed by atoms with Gasteiger partial charge in [0.2, 0.25) is 0 Å². The number of aromatic nitrogens is 1. The SMILES string of the molecule is CCN(CC)Cc1ccc(C(=O)NCc2ccc(Oc3cccnc3)c(F)c2)cc1. The predicted octanol–water partition coefficient (Wildman–Crippen LogP) is 4.78. The van der Waals surface area contributed by atoms with Crippen molar-refractivity contribution in [3.63, 3.8) is 0 Å². The van der Waals surface area contributed by atoms with Gasteiger partial charge >= 0.3 is 0 Å². The fraction of sp³-hybridized carbons (Fsp3) is 0.250. The largest absolute Gasteiger partial charge is 0.453 e. The standard InChI is InChI=1S/C24H26FN3O2/c1-3-28(4-2)17-18-7-10-20(11-8-18)24(29)27-15-19-9-12-23(22(25)14-19)30-21-6-5-13-26-16-21/h5-14,16H,3-4,15,17H2,1-2H3,(H,27,29). The van der Waals surface area contributed by atoms with Crippen LogP contribution in [-0.2, 0) is 13.1 Å². The van der Waals surface area contributed by atoms with Crippen LogP contribution in [0.4, 0.5) is 4.39 Å². The summed E-state index contributed by atoms with van der Waals surface area (Å²) in [5.41, 5.74) is 2.40. The smallest absolute Gasteiger partial charge is 0.251 e. The first-order chi connectivity index (χ1) is 14.6. The van der Waals surface area contributed by atoms with Crippen molar-refractivity contribution in [1.82, 2.24) is 15.2 Å². The predicted molar refractivity (Wildman–Crippen MR) is 115 cm³/mol. The van der Waals surface area contributed by atoms with Crippen LogP contribution in [0.25, 0.3) is 0 Å². The highest BCUT2D eigenvalue weighted by Crippen LogP contribution is 2.24. The van der Waals surface area contributed by atoms with Gasteiger partial charge in [-0.3, -0.25) is 14.7 Å². The lowest BCUT2D eigenvalue weighted by molar-refractivity contribution is 0.0951. The summed E-state index contributed by atoms with van der Waals surface area (Å²) in [5, 5.41) is 2.83. The van der Waals surface area contributed by atoms with E-state index in [2.05, 4.69) is 29.0 Å². The molecule has 0 aliphatic heterocycles. The molecule has 0 unspecified atom stereocenters. The second kappa shape index (κ2) is 10.5. The fourth-order valence-electron chi connectivity index (χ4n) is 3.02. The number of nitrogens with zero attached hydrogens (tertiary/aromatic N) is 2. The molecule has 0 aliphatic rings. The van der Waals surface area contributed by atoms with Crippen LogP contribution in [0.2, 0.25) is 0 Å². The Morgan fingerprint density at radius 3 is 2.43 bits per heavy atom. The molecule has 3 rings (SSSR count). The second-order valence-corrected chi connectivity index (χ2v) is 6.90. The third kappa shape index (κ3) is 5.87. The minimum absolute atomic E-state index is 0.113. The lowest BCUT2D eigenvalue weighted by Gasteiger charge is -2.18. The van der Waals surface area contributed by atoms with Gasteiger partial charge in [0.1, 0.15) is 5.75 Å². The third-order valence-corrected chi connectivity index (χ3v) is 4.83. The Labute approximate surface area is 176 Å². The number of nitrogens with one attached hydrogen (secondary N) is 1. The van der Waals surface area contributed by atoms with Gasteiger partial charge in [-0.25, -0.2) is 4.39 Å². The van der Waals surface area contributed by atoms with E-state index in [9.17, 15) is 9.18 Å². The van der Waals surface area contributed by atoms with Crippen LogP contribution in [0, 0.1) is 5.82 Å².